The maximum atomic E-state index is 11.4. The van der Waals surface area contributed by atoms with E-state index in [1.165, 1.54) is 13.4 Å². The molecule has 1 aromatic rings. The third-order valence-corrected chi connectivity index (χ3v) is 3.61. The van der Waals surface area contributed by atoms with Crippen LogP contribution in [0.3, 0.4) is 0 Å². The Morgan fingerprint density at radius 3 is 2.73 bits per heavy atom. The van der Waals surface area contributed by atoms with Gasteiger partial charge >= 0.3 is 5.97 Å². The minimum absolute atomic E-state index is 0.130. The molecule has 0 spiro atoms. The van der Waals surface area contributed by atoms with Crippen molar-refractivity contribution >= 4 is 18.0 Å². The maximum absolute atomic E-state index is 11.4. The van der Waals surface area contributed by atoms with Crippen LogP contribution in [0.2, 0.25) is 0 Å². The average Bonchev–Trinajstić information content (AvgIpc) is 2.55. The highest BCUT2D eigenvalue weighted by molar-refractivity contribution is 5.87. The minimum Gasteiger partial charge on any atom is -0.464 e. The van der Waals surface area contributed by atoms with Crippen molar-refractivity contribution in [2.24, 2.45) is 0 Å². The summed E-state index contributed by atoms with van der Waals surface area (Å²) in [6.07, 6.45) is 6.77. The van der Waals surface area contributed by atoms with E-state index in [0.29, 0.717) is 11.7 Å². The summed E-state index contributed by atoms with van der Waals surface area (Å²) in [6.45, 7) is 3.16. The second kappa shape index (κ2) is 7.53. The first kappa shape index (κ1) is 15.9. The highest BCUT2D eigenvalue weighted by atomic mass is 16.5. The standard InChI is InChI=1S/C15H20N4O3/c1-11(20)19-7-4-12(5-8-19)16-6-3-13-9-14(15(21)22-2)18-10-17-13/h3,6,9-10,12,16H,4-5,7-8H2,1-2H3. The molecular formula is C15H20N4O3. The molecule has 0 bridgehead atoms. The van der Waals surface area contributed by atoms with E-state index in [0.717, 1.165) is 25.9 Å². The van der Waals surface area contributed by atoms with Gasteiger partial charge in [-0.15, -0.1) is 0 Å². The van der Waals surface area contributed by atoms with Crippen molar-refractivity contribution in [2.75, 3.05) is 20.2 Å². The van der Waals surface area contributed by atoms with E-state index >= 15 is 0 Å². The summed E-state index contributed by atoms with van der Waals surface area (Å²) >= 11 is 0. The Bertz CT molecular complexity index is 566. The zero-order valence-corrected chi connectivity index (χ0v) is 12.8. The Balaban J connectivity index is 1.86. The number of aromatic nitrogens is 2. The molecule has 0 aliphatic carbocycles. The van der Waals surface area contributed by atoms with Crippen molar-refractivity contribution in [3.8, 4) is 0 Å². The van der Waals surface area contributed by atoms with Gasteiger partial charge in [0, 0.05) is 26.1 Å². The number of esters is 1. The number of piperidine rings is 1. The molecule has 0 saturated carbocycles. The van der Waals surface area contributed by atoms with Gasteiger partial charge in [0.25, 0.3) is 0 Å². The van der Waals surface area contributed by atoms with Gasteiger partial charge in [-0.25, -0.2) is 14.8 Å². The summed E-state index contributed by atoms with van der Waals surface area (Å²) in [6, 6.07) is 1.91. The van der Waals surface area contributed by atoms with Crippen LogP contribution in [0.5, 0.6) is 0 Å². The minimum atomic E-state index is -0.485. The second-order valence-corrected chi connectivity index (χ2v) is 5.10. The molecule has 0 aromatic carbocycles. The Morgan fingerprint density at radius 1 is 1.36 bits per heavy atom. The molecule has 1 aromatic heterocycles. The molecule has 0 atom stereocenters. The van der Waals surface area contributed by atoms with E-state index in [2.05, 4.69) is 20.0 Å². The van der Waals surface area contributed by atoms with Crippen LogP contribution in [0.1, 0.15) is 35.9 Å². The van der Waals surface area contributed by atoms with Gasteiger partial charge in [0.1, 0.15) is 6.33 Å². The Labute approximate surface area is 129 Å². The molecule has 1 saturated heterocycles. The van der Waals surface area contributed by atoms with Crippen LogP contribution >= 0.6 is 0 Å². The molecule has 7 heteroatoms. The molecule has 22 heavy (non-hydrogen) atoms. The largest absolute Gasteiger partial charge is 0.464 e. The fourth-order valence-corrected chi connectivity index (χ4v) is 2.31. The lowest BCUT2D eigenvalue weighted by Gasteiger charge is -2.31. The van der Waals surface area contributed by atoms with Gasteiger partial charge in [-0.2, -0.15) is 0 Å². The lowest BCUT2D eigenvalue weighted by atomic mass is 10.1. The quantitative estimate of drug-likeness (QED) is 0.830. The number of amides is 1. The first-order valence-corrected chi connectivity index (χ1v) is 7.18. The fraction of sp³-hybridized carbons (Fsp3) is 0.467. The van der Waals surface area contributed by atoms with Crippen LogP contribution in [0, 0.1) is 0 Å². The molecule has 1 fully saturated rings. The summed E-state index contributed by atoms with van der Waals surface area (Å²) in [4.78, 5) is 32.4. The van der Waals surface area contributed by atoms with Crippen molar-refractivity contribution in [2.45, 2.75) is 25.8 Å². The van der Waals surface area contributed by atoms with Gasteiger partial charge in [-0.05, 0) is 31.2 Å². The third-order valence-electron chi connectivity index (χ3n) is 3.61. The maximum Gasteiger partial charge on any atom is 0.356 e. The number of hydrogen-bond donors (Lipinski definition) is 1. The van der Waals surface area contributed by atoms with Crippen molar-refractivity contribution in [3.63, 3.8) is 0 Å². The fourth-order valence-electron chi connectivity index (χ4n) is 2.31. The van der Waals surface area contributed by atoms with E-state index < -0.39 is 5.97 Å². The number of methoxy groups -OCH3 is 1. The number of hydrogen-bond acceptors (Lipinski definition) is 6. The normalized spacial score (nSPS) is 15.8. The first-order valence-electron chi connectivity index (χ1n) is 7.18. The van der Waals surface area contributed by atoms with Gasteiger partial charge in [0.15, 0.2) is 5.69 Å². The van der Waals surface area contributed by atoms with E-state index in [4.69, 9.17) is 0 Å². The van der Waals surface area contributed by atoms with Gasteiger partial charge in [-0.3, -0.25) is 4.79 Å². The van der Waals surface area contributed by atoms with Crippen LogP contribution in [0.25, 0.3) is 6.08 Å². The highest BCUT2D eigenvalue weighted by Crippen LogP contribution is 2.10. The number of carbonyl (C=O) groups excluding carboxylic acids is 2. The van der Waals surface area contributed by atoms with Crippen LogP contribution in [0.4, 0.5) is 0 Å². The molecule has 1 aliphatic heterocycles. The van der Waals surface area contributed by atoms with Crippen LogP contribution in [0.15, 0.2) is 18.6 Å². The Kier molecular flexibility index (Phi) is 5.46. The summed E-state index contributed by atoms with van der Waals surface area (Å²) in [5.41, 5.74) is 0.857. The Hall–Kier alpha value is -2.44. The molecule has 2 rings (SSSR count). The molecule has 1 N–H and O–H groups in total. The van der Waals surface area contributed by atoms with Crippen molar-refractivity contribution in [1.82, 2.24) is 20.2 Å². The van der Waals surface area contributed by atoms with E-state index in [-0.39, 0.29) is 11.6 Å². The predicted molar refractivity (Wildman–Crippen MR) is 80.8 cm³/mol. The van der Waals surface area contributed by atoms with Gasteiger partial charge in [0.2, 0.25) is 5.91 Å². The highest BCUT2D eigenvalue weighted by Gasteiger charge is 2.19. The Morgan fingerprint density at radius 2 is 2.09 bits per heavy atom. The third kappa shape index (κ3) is 4.28. The van der Waals surface area contributed by atoms with Gasteiger partial charge < -0.3 is 15.0 Å². The van der Waals surface area contributed by atoms with Crippen molar-refractivity contribution in [3.05, 3.63) is 30.0 Å². The number of ether oxygens (including phenoxy) is 1. The van der Waals surface area contributed by atoms with E-state index in [1.54, 1.807) is 19.1 Å². The lowest BCUT2D eigenvalue weighted by molar-refractivity contribution is -0.129. The summed E-state index contributed by atoms with van der Waals surface area (Å²) < 4.78 is 4.62. The molecule has 118 valence electrons. The number of carbonyl (C=O) groups is 2. The summed E-state index contributed by atoms with van der Waals surface area (Å²) in [7, 11) is 1.31. The van der Waals surface area contributed by atoms with Crippen molar-refractivity contribution < 1.29 is 14.3 Å². The topological polar surface area (TPSA) is 84.4 Å². The predicted octanol–water partition coefficient (Wildman–Crippen LogP) is 0.834. The number of nitrogens with zero attached hydrogens (tertiary/aromatic N) is 3. The SMILES string of the molecule is COC(=O)c1cc(C=CNC2CCN(C(C)=O)CC2)ncn1. The van der Waals surface area contributed by atoms with Gasteiger partial charge in [-0.1, -0.05) is 0 Å². The van der Waals surface area contributed by atoms with E-state index in [9.17, 15) is 9.59 Å². The van der Waals surface area contributed by atoms with Crippen LogP contribution in [-0.2, 0) is 9.53 Å². The molecule has 1 aliphatic rings. The number of rotatable bonds is 4. The average molecular weight is 304 g/mol. The van der Waals surface area contributed by atoms with Crippen molar-refractivity contribution in [1.29, 1.82) is 0 Å². The smallest absolute Gasteiger partial charge is 0.356 e. The molecule has 2 heterocycles. The lowest BCUT2D eigenvalue weighted by Crippen LogP contribution is -2.42. The van der Waals surface area contributed by atoms with Crippen LogP contribution in [-0.4, -0.2) is 53.0 Å². The van der Waals surface area contributed by atoms with E-state index in [1.807, 2.05) is 11.1 Å². The number of nitrogens with one attached hydrogen (secondary N) is 1. The molecule has 0 radical (unpaired) electrons. The monoisotopic (exact) mass is 304 g/mol. The van der Waals surface area contributed by atoms with Crippen LogP contribution < -0.4 is 5.32 Å². The van der Waals surface area contributed by atoms with Gasteiger partial charge in [0.05, 0.1) is 12.8 Å². The summed E-state index contributed by atoms with van der Waals surface area (Å²) in [5, 5.41) is 3.30. The first-order chi connectivity index (χ1) is 10.6. The molecule has 0 unspecified atom stereocenters. The summed E-state index contributed by atoms with van der Waals surface area (Å²) in [5.74, 6) is -0.355. The molecular weight excluding hydrogens is 284 g/mol. The number of likely N-dealkylation sites (tertiary alicyclic amines) is 1. The second-order valence-electron chi connectivity index (χ2n) is 5.10. The molecule has 1 amide bonds. The zero-order valence-electron chi connectivity index (χ0n) is 12.8. The zero-order chi connectivity index (χ0) is 15.9. The molecule has 7 nitrogen and oxygen atoms in total.